The number of para-hydroxylation sites is 1. The Kier molecular flexibility index (Phi) is 5.22. The second-order valence-corrected chi connectivity index (χ2v) is 7.58. The number of fused-ring (bicyclic) bond motifs is 1. The van der Waals surface area contributed by atoms with Crippen LogP contribution in [0.3, 0.4) is 0 Å². The topological polar surface area (TPSA) is 81.2 Å². The summed E-state index contributed by atoms with van der Waals surface area (Å²) in [5.74, 6) is -0.641. The van der Waals surface area contributed by atoms with E-state index in [1.165, 1.54) is 5.56 Å². The average molecular weight is 405 g/mol. The Bertz CT molecular complexity index is 1210. The molecule has 0 spiro atoms. The van der Waals surface area contributed by atoms with Crippen molar-refractivity contribution in [1.82, 2.24) is 14.8 Å². The Morgan fingerprint density at radius 1 is 1.10 bits per heavy atom. The van der Waals surface area contributed by atoms with E-state index in [9.17, 15) is 9.90 Å². The highest BCUT2D eigenvalue weighted by molar-refractivity contribution is 8.03. The van der Waals surface area contributed by atoms with Gasteiger partial charge in [-0.15, -0.1) is 10.2 Å². The first-order valence-electron chi connectivity index (χ1n) is 9.07. The van der Waals surface area contributed by atoms with Crippen molar-refractivity contribution in [3.63, 3.8) is 0 Å². The first kappa shape index (κ1) is 19.0. The van der Waals surface area contributed by atoms with Crippen LogP contribution in [0.4, 0.5) is 0 Å². The number of rotatable bonds is 6. The predicted octanol–water partition coefficient (Wildman–Crippen LogP) is 4.91. The standard InChI is InChI=1S/C22H19N3O3S/c1-14-18(12-20(21(26)27)29-22-24-23-15(2)28-22)17-10-6-7-11-19(17)25(14)13-16-8-4-3-5-9-16/h3-12H,13H2,1-2H3,(H,26,27)/b20-12-. The predicted molar refractivity (Wildman–Crippen MR) is 113 cm³/mol. The number of carbonyl (C=O) groups is 1. The third kappa shape index (κ3) is 3.95. The molecule has 146 valence electrons. The SMILES string of the molecule is Cc1nnc(S/C(=C\c2c(C)n(Cc3ccccc3)c3ccccc23)C(=O)O)o1. The molecular formula is C22H19N3O3S. The lowest BCUT2D eigenvalue weighted by atomic mass is 10.1. The first-order valence-corrected chi connectivity index (χ1v) is 9.89. The van der Waals surface area contributed by atoms with Gasteiger partial charge in [-0.05, 0) is 36.4 Å². The number of carboxylic acid groups (broad SMARTS) is 1. The normalized spacial score (nSPS) is 11.9. The molecule has 0 radical (unpaired) electrons. The zero-order chi connectivity index (χ0) is 20.4. The Balaban J connectivity index is 1.81. The van der Waals surface area contributed by atoms with E-state index >= 15 is 0 Å². The van der Waals surface area contributed by atoms with Crippen molar-refractivity contribution in [3.05, 3.63) is 82.2 Å². The lowest BCUT2D eigenvalue weighted by Crippen LogP contribution is -2.02. The van der Waals surface area contributed by atoms with Crippen molar-refractivity contribution >= 4 is 34.7 Å². The fraction of sp³-hybridized carbons (Fsp3) is 0.136. The van der Waals surface area contributed by atoms with Gasteiger partial charge < -0.3 is 14.1 Å². The number of hydrogen-bond donors (Lipinski definition) is 1. The highest BCUT2D eigenvalue weighted by atomic mass is 32.2. The van der Waals surface area contributed by atoms with E-state index in [-0.39, 0.29) is 10.1 Å². The summed E-state index contributed by atoms with van der Waals surface area (Å²) in [5.41, 5.74) is 4.11. The van der Waals surface area contributed by atoms with Crippen LogP contribution in [0.15, 0.2) is 69.1 Å². The van der Waals surface area contributed by atoms with Gasteiger partial charge in [0.15, 0.2) is 0 Å². The number of aromatic nitrogens is 3. The van der Waals surface area contributed by atoms with E-state index in [0.717, 1.165) is 33.9 Å². The summed E-state index contributed by atoms with van der Waals surface area (Å²) < 4.78 is 7.54. The molecule has 6 nitrogen and oxygen atoms in total. The molecule has 1 N–H and O–H groups in total. The molecule has 2 heterocycles. The Morgan fingerprint density at radius 2 is 1.83 bits per heavy atom. The monoisotopic (exact) mass is 405 g/mol. The minimum absolute atomic E-state index is 0.124. The summed E-state index contributed by atoms with van der Waals surface area (Å²) in [7, 11) is 0. The fourth-order valence-corrected chi connectivity index (χ4v) is 3.99. The number of carboxylic acids is 1. The minimum atomic E-state index is -1.04. The third-order valence-corrected chi connectivity index (χ3v) is 5.51. The number of nitrogens with zero attached hydrogens (tertiary/aromatic N) is 3. The van der Waals surface area contributed by atoms with Gasteiger partial charge in [0.25, 0.3) is 5.22 Å². The van der Waals surface area contributed by atoms with Gasteiger partial charge in [0.05, 0.1) is 0 Å². The number of benzene rings is 2. The Morgan fingerprint density at radius 3 is 2.52 bits per heavy atom. The van der Waals surface area contributed by atoms with E-state index in [2.05, 4.69) is 33.0 Å². The number of aliphatic carboxylic acids is 1. The molecule has 0 aliphatic heterocycles. The summed E-state index contributed by atoms with van der Waals surface area (Å²) in [6.45, 7) is 4.39. The van der Waals surface area contributed by atoms with Crippen molar-refractivity contribution in [2.24, 2.45) is 0 Å². The lowest BCUT2D eigenvalue weighted by Gasteiger charge is -2.08. The third-order valence-electron chi connectivity index (χ3n) is 4.65. The average Bonchev–Trinajstić information content (AvgIpc) is 3.24. The van der Waals surface area contributed by atoms with Crippen molar-refractivity contribution in [2.75, 3.05) is 0 Å². The molecular weight excluding hydrogens is 386 g/mol. The van der Waals surface area contributed by atoms with Gasteiger partial charge in [-0.25, -0.2) is 4.79 Å². The van der Waals surface area contributed by atoms with Crippen LogP contribution in [0.1, 0.15) is 22.7 Å². The molecule has 2 aromatic heterocycles. The van der Waals surface area contributed by atoms with E-state index in [0.29, 0.717) is 12.4 Å². The van der Waals surface area contributed by atoms with Crippen molar-refractivity contribution in [2.45, 2.75) is 25.6 Å². The van der Waals surface area contributed by atoms with Gasteiger partial charge in [-0.3, -0.25) is 0 Å². The molecule has 0 bridgehead atoms. The van der Waals surface area contributed by atoms with Crippen LogP contribution >= 0.6 is 11.8 Å². The van der Waals surface area contributed by atoms with E-state index in [4.69, 9.17) is 4.42 Å². The molecule has 2 aromatic carbocycles. The van der Waals surface area contributed by atoms with E-state index in [1.54, 1.807) is 13.0 Å². The van der Waals surface area contributed by atoms with Gasteiger partial charge >= 0.3 is 5.97 Å². The van der Waals surface area contributed by atoms with Crippen LogP contribution in [0, 0.1) is 13.8 Å². The smallest absolute Gasteiger partial charge is 0.342 e. The molecule has 0 atom stereocenters. The van der Waals surface area contributed by atoms with Gasteiger partial charge in [0.2, 0.25) is 5.89 Å². The largest absolute Gasteiger partial charge is 0.477 e. The highest BCUT2D eigenvalue weighted by Gasteiger charge is 2.18. The maximum atomic E-state index is 11.9. The van der Waals surface area contributed by atoms with Gasteiger partial charge in [0.1, 0.15) is 4.91 Å². The number of hydrogen-bond acceptors (Lipinski definition) is 5. The second kappa shape index (κ2) is 7.97. The molecule has 7 heteroatoms. The molecule has 0 fully saturated rings. The molecule has 4 rings (SSSR count). The van der Waals surface area contributed by atoms with Crippen molar-refractivity contribution in [1.29, 1.82) is 0 Å². The molecule has 0 aliphatic carbocycles. The fourth-order valence-electron chi connectivity index (χ4n) is 3.29. The van der Waals surface area contributed by atoms with Crippen LogP contribution in [0.2, 0.25) is 0 Å². The zero-order valence-electron chi connectivity index (χ0n) is 16.0. The maximum Gasteiger partial charge on any atom is 0.342 e. The number of thioether (sulfide) groups is 1. The molecule has 0 saturated heterocycles. The van der Waals surface area contributed by atoms with E-state index in [1.807, 2.05) is 43.3 Å². The second-order valence-electron chi connectivity index (χ2n) is 6.59. The number of aryl methyl sites for hydroxylation is 1. The quantitative estimate of drug-likeness (QED) is 0.363. The summed E-state index contributed by atoms with van der Waals surface area (Å²) in [5, 5.41) is 18.6. The highest BCUT2D eigenvalue weighted by Crippen LogP contribution is 2.33. The van der Waals surface area contributed by atoms with Crippen LogP contribution in [-0.4, -0.2) is 25.8 Å². The lowest BCUT2D eigenvalue weighted by molar-refractivity contribution is -0.131. The molecule has 0 unspecified atom stereocenters. The molecule has 0 saturated carbocycles. The van der Waals surface area contributed by atoms with Gasteiger partial charge in [-0.2, -0.15) is 0 Å². The van der Waals surface area contributed by atoms with Crippen molar-refractivity contribution < 1.29 is 14.3 Å². The summed E-state index contributed by atoms with van der Waals surface area (Å²) in [4.78, 5) is 12.0. The minimum Gasteiger partial charge on any atom is -0.477 e. The zero-order valence-corrected chi connectivity index (χ0v) is 16.8. The molecule has 0 amide bonds. The maximum absolute atomic E-state index is 11.9. The molecule has 0 aliphatic rings. The summed E-state index contributed by atoms with van der Waals surface area (Å²) in [6, 6.07) is 18.2. The van der Waals surface area contributed by atoms with Crippen LogP contribution in [0.25, 0.3) is 17.0 Å². The van der Waals surface area contributed by atoms with Gasteiger partial charge in [-0.1, -0.05) is 48.5 Å². The summed E-state index contributed by atoms with van der Waals surface area (Å²) in [6.07, 6.45) is 1.69. The van der Waals surface area contributed by atoms with Crippen LogP contribution in [-0.2, 0) is 11.3 Å². The molecule has 4 aromatic rings. The van der Waals surface area contributed by atoms with Crippen molar-refractivity contribution in [3.8, 4) is 0 Å². The van der Waals surface area contributed by atoms with E-state index < -0.39 is 5.97 Å². The van der Waals surface area contributed by atoms with Gasteiger partial charge in [0, 0.05) is 35.6 Å². The van der Waals surface area contributed by atoms with Crippen LogP contribution < -0.4 is 0 Å². The summed E-state index contributed by atoms with van der Waals surface area (Å²) >= 11 is 0.955. The Hall–Kier alpha value is -3.32. The first-order chi connectivity index (χ1) is 14.0. The van der Waals surface area contributed by atoms with Crippen LogP contribution in [0.5, 0.6) is 0 Å². The molecule has 29 heavy (non-hydrogen) atoms. The Labute approximate surface area is 171 Å².